The van der Waals surface area contributed by atoms with Gasteiger partial charge in [-0.15, -0.1) is 0 Å². The zero-order valence-corrected chi connectivity index (χ0v) is 13.1. The van der Waals surface area contributed by atoms with Crippen LogP contribution in [0.4, 0.5) is 4.79 Å². The molecule has 2 heterocycles. The molecule has 1 fully saturated rings. The quantitative estimate of drug-likeness (QED) is 0.926. The predicted molar refractivity (Wildman–Crippen MR) is 81.9 cm³/mol. The SMILES string of the molecule is CC(C)(C)OC(=O)N1CCCC1CNCc1cccnc1. The Morgan fingerprint density at radius 2 is 2.33 bits per heavy atom. The highest BCUT2D eigenvalue weighted by Gasteiger charge is 2.31. The van der Waals surface area contributed by atoms with E-state index in [-0.39, 0.29) is 12.1 Å². The monoisotopic (exact) mass is 291 g/mol. The first-order chi connectivity index (χ1) is 9.96. The van der Waals surface area contributed by atoms with Gasteiger partial charge in [0.25, 0.3) is 0 Å². The number of carbonyl (C=O) groups excluding carboxylic acids is 1. The number of nitrogens with one attached hydrogen (secondary N) is 1. The van der Waals surface area contributed by atoms with Crippen LogP contribution < -0.4 is 5.32 Å². The Kier molecular flexibility index (Phi) is 5.17. The Morgan fingerprint density at radius 3 is 3.00 bits per heavy atom. The number of hydrogen-bond donors (Lipinski definition) is 1. The number of likely N-dealkylation sites (tertiary alicyclic amines) is 1. The Morgan fingerprint density at radius 1 is 1.52 bits per heavy atom. The number of hydrogen-bond acceptors (Lipinski definition) is 4. The maximum atomic E-state index is 12.2. The molecule has 0 aromatic carbocycles. The highest BCUT2D eigenvalue weighted by atomic mass is 16.6. The molecule has 1 aliphatic heterocycles. The van der Waals surface area contributed by atoms with E-state index in [9.17, 15) is 4.79 Å². The maximum Gasteiger partial charge on any atom is 0.410 e. The van der Waals surface area contributed by atoms with E-state index in [1.54, 1.807) is 6.20 Å². The van der Waals surface area contributed by atoms with Crippen LogP contribution in [-0.2, 0) is 11.3 Å². The van der Waals surface area contributed by atoms with Crippen molar-refractivity contribution in [1.29, 1.82) is 0 Å². The van der Waals surface area contributed by atoms with Gasteiger partial charge >= 0.3 is 6.09 Å². The van der Waals surface area contributed by atoms with Crippen LogP contribution in [0, 0.1) is 0 Å². The Hall–Kier alpha value is -1.62. The van der Waals surface area contributed by atoms with Crippen molar-refractivity contribution in [3.8, 4) is 0 Å². The van der Waals surface area contributed by atoms with E-state index in [0.717, 1.165) is 38.0 Å². The van der Waals surface area contributed by atoms with Crippen LogP contribution in [0.1, 0.15) is 39.2 Å². The average molecular weight is 291 g/mol. The van der Waals surface area contributed by atoms with Crippen LogP contribution in [0.2, 0.25) is 0 Å². The lowest BCUT2D eigenvalue weighted by Crippen LogP contribution is -2.44. The van der Waals surface area contributed by atoms with Crippen molar-refractivity contribution in [3.05, 3.63) is 30.1 Å². The second-order valence-electron chi connectivity index (χ2n) is 6.46. The number of aromatic nitrogens is 1. The molecule has 1 aliphatic rings. The molecule has 0 saturated carbocycles. The Bertz CT molecular complexity index is 456. The van der Waals surface area contributed by atoms with E-state index < -0.39 is 5.60 Å². The molecule has 1 saturated heterocycles. The number of rotatable bonds is 4. The minimum Gasteiger partial charge on any atom is -0.444 e. The Balaban J connectivity index is 1.80. The molecule has 0 radical (unpaired) electrons. The largest absolute Gasteiger partial charge is 0.444 e. The molecule has 1 unspecified atom stereocenters. The average Bonchev–Trinajstić information content (AvgIpc) is 2.86. The summed E-state index contributed by atoms with van der Waals surface area (Å²) in [5.41, 5.74) is 0.715. The Labute approximate surface area is 126 Å². The molecule has 1 amide bonds. The van der Waals surface area contributed by atoms with Crippen molar-refractivity contribution >= 4 is 6.09 Å². The number of pyridine rings is 1. The van der Waals surface area contributed by atoms with Crippen LogP contribution >= 0.6 is 0 Å². The first kappa shape index (κ1) is 15.8. The topological polar surface area (TPSA) is 54.5 Å². The third kappa shape index (κ3) is 5.01. The molecule has 5 nitrogen and oxygen atoms in total. The van der Waals surface area contributed by atoms with Crippen LogP contribution in [0.25, 0.3) is 0 Å². The van der Waals surface area contributed by atoms with Gasteiger partial charge in [-0.1, -0.05) is 6.07 Å². The summed E-state index contributed by atoms with van der Waals surface area (Å²) in [4.78, 5) is 18.1. The van der Waals surface area contributed by atoms with E-state index in [0.29, 0.717) is 0 Å². The van der Waals surface area contributed by atoms with Crippen LogP contribution in [-0.4, -0.2) is 40.7 Å². The van der Waals surface area contributed by atoms with Gasteiger partial charge in [-0.25, -0.2) is 4.79 Å². The predicted octanol–water partition coefficient (Wildman–Crippen LogP) is 2.57. The lowest BCUT2D eigenvalue weighted by molar-refractivity contribution is 0.0226. The number of carbonyl (C=O) groups is 1. The molecule has 2 rings (SSSR count). The number of nitrogens with zero attached hydrogens (tertiary/aromatic N) is 2. The van der Waals surface area contributed by atoms with Crippen molar-refractivity contribution in [3.63, 3.8) is 0 Å². The van der Waals surface area contributed by atoms with Gasteiger partial charge < -0.3 is 15.0 Å². The van der Waals surface area contributed by atoms with Crippen molar-refractivity contribution in [2.45, 2.75) is 51.8 Å². The van der Waals surface area contributed by atoms with E-state index in [2.05, 4.69) is 10.3 Å². The van der Waals surface area contributed by atoms with Gasteiger partial charge in [-0.05, 0) is 45.2 Å². The van der Waals surface area contributed by atoms with E-state index in [1.807, 2.05) is 44.0 Å². The molecule has 21 heavy (non-hydrogen) atoms. The van der Waals surface area contributed by atoms with Gasteiger partial charge in [0.2, 0.25) is 0 Å². The third-order valence-electron chi connectivity index (χ3n) is 3.44. The summed E-state index contributed by atoms with van der Waals surface area (Å²) >= 11 is 0. The van der Waals surface area contributed by atoms with E-state index in [4.69, 9.17) is 4.74 Å². The van der Waals surface area contributed by atoms with Gasteiger partial charge in [0.05, 0.1) is 0 Å². The molecule has 0 aliphatic carbocycles. The summed E-state index contributed by atoms with van der Waals surface area (Å²) in [5, 5.41) is 3.40. The third-order valence-corrected chi connectivity index (χ3v) is 3.44. The van der Waals surface area contributed by atoms with Crippen LogP contribution in [0.15, 0.2) is 24.5 Å². The van der Waals surface area contributed by atoms with Gasteiger partial charge in [-0.2, -0.15) is 0 Å². The normalized spacial score (nSPS) is 18.8. The number of amides is 1. The van der Waals surface area contributed by atoms with Crippen molar-refractivity contribution in [2.24, 2.45) is 0 Å². The first-order valence-corrected chi connectivity index (χ1v) is 7.55. The lowest BCUT2D eigenvalue weighted by Gasteiger charge is -2.28. The molecular formula is C16H25N3O2. The molecule has 1 N–H and O–H groups in total. The number of ether oxygens (including phenoxy) is 1. The zero-order valence-electron chi connectivity index (χ0n) is 13.1. The minimum absolute atomic E-state index is 0.201. The van der Waals surface area contributed by atoms with Crippen LogP contribution in [0.3, 0.4) is 0 Å². The highest BCUT2D eigenvalue weighted by molar-refractivity contribution is 5.69. The van der Waals surface area contributed by atoms with Gasteiger partial charge in [0.1, 0.15) is 5.60 Å². The molecule has 5 heteroatoms. The van der Waals surface area contributed by atoms with Crippen LogP contribution in [0.5, 0.6) is 0 Å². The fraction of sp³-hybridized carbons (Fsp3) is 0.625. The molecular weight excluding hydrogens is 266 g/mol. The zero-order chi connectivity index (χ0) is 15.3. The lowest BCUT2D eigenvalue weighted by atomic mass is 10.2. The molecule has 0 bridgehead atoms. The second kappa shape index (κ2) is 6.89. The van der Waals surface area contributed by atoms with Crippen molar-refractivity contribution < 1.29 is 9.53 Å². The summed E-state index contributed by atoms with van der Waals surface area (Å²) in [6.07, 6.45) is 5.49. The van der Waals surface area contributed by atoms with Gasteiger partial charge in [0.15, 0.2) is 0 Å². The molecule has 1 atom stereocenters. The van der Waals surface area contributed by atoms with E-state index in [1.165, 1.54) is 0 Å². The van der Waals surface area contributed by atoms with E-state index >= 15 is 0 Å². The summed E-state index contributed by atoms with van der Waals surface area (Å²) in [7, 11) is 0. The smallest absolute Gasteiger partial charge is 0.410 e. The molecule has 0 spiro atoms. The second-order valence-corrected chi connectivity index (χ2v) is 6.46. The maximum absolute atomic E-state index is 12.2. The first-order valence-electron chi connectivity index (χ1n) is 7.55. The molecule has 1 aromatic heterocycles. The standard InChI is InChI=1S/C16H25N3O2/c1-16(2,3)21-15(20)19-9-5-7-14(19)12-18-11-13-6-4-8-17-10-13/h4,6,8,10,14,18H,5,7,9,11-12H2,1-3H3. The van der Waals surface area contributed by atoms with Crippen molar-refractivity contribution in [1.82, 2.24) is 15.2 Å². The summed E-state index contributed by atoms with van der Waals surface area (Å²) < 4.78 is 5.47. The molecule has 1 aromatic rings. The van der Waals surface area contributed by atoms with Gasteiger partial charge in [0, 0.05) is 38.1 Å². The summed E-state index contributed by atoms with van der Waals surface area (Å²) in [6.45, 7) is 8.04. The summed E-state index contributed by atoms with van der Waals surface area (Å²) in [5.74, 6) is 0. The summed E-state index contributed by atoms with van der Waals surface area (Å²) in [6, 6.07) is 4.19. The fourth-order valence-electron chi connectivity index (χ4n) is 2.49. The fourth-order valence-corrected chi connectivity index (χ4v) is 2.49. The molecule has 116 valence electrons. The minimum atomic E-state index is -0.437. The highest BCUT2D eigenvalue weighted by Crippen LogP contribution is 2.20. The van der Waals surface area contributed by atoms with Gasteiger partial charge in [-0.3, -0.25) is 4.98 Å². The van der Waals surface area contributed by atoms with Crippen molar-refractivity contribution in [2.75, 3.05) is 13.1 Å².